The SMILES string of the molecule is N[C@H]1CC(c2ccc(Br)cc2Cl)Oc2cc(Br)ccc21. The van der Waals surface area contributed by atoms with Crippen molar-refractivity contribution < 1.29 is 4.74 Å². The first-order valence-corrected chi connectivity index (χ1v) is 8.17. The Morgan fingerprint density at radius 3 is 2.40 bits per heavy atom. The van der Waals surface area contributed by atoms with Crippen molar-refractivity contribution in [2.45, 2.75) is 18.6 Å². The fourth-order valence-corrected chi connectivity index (χ4v) is 3.56. The fraction of sp³-hybridized carbons (Fsp3) is 0.200. The van der Waals surface area contributed by atoms with Crippen molar-refractivity contribution in [1.82, 2.24) is 0 Å². The molecular formula is C15H12Br2ClNO. The Bertz CT molecular complexity index is 662. The zero-order valence-corrected chi connectivity index (χ0v) is 14.4. The van der Waals surface area contributed by atoms with Crippen LogP contribution < -0.4 is 10.5 Å². The summed E-state index contributed by atoms with van der Waals surface area (Å²) < 4.78 is 8.01. The topological polar surface area (TPSA) is 35.2 Å². The van der Waals surface area contributed by atoms with Crippen LogP contribution in [0.15, 0.2) is 45.3 Å². The van der Waals surface area contributed by atoms with Crippen LogP contribution in [0.3, 0.4) is 0 Å². The number of fused-ring (bicyclic) bond motifs is 1. The lowest BCUT2D eigenvalue weighted by molar-refractivity contribution is 0.161. The maximum absolute atomic E-state index is 6.31. The van der Waals surface area contributed by atoms with E-state index in [9.17, 15) is 0 Å². The molecule has 0 spiro atoms. The van der Waals surface area contributed by atoms with Crippen LogP contribution in [0.1, 0.15) is 29.7 Å². The van der Waals surface area contributed by atoms with E-state index in [1.165, 1.54) is 0 Å². The molecule has 104 valence electrons. The summed E-state index contributed by atoms with van der Waals surface area (Å²) in [6, 6.07) is 11.7. The van der Waals surface area contributed by atoms with Gasteiger partial charge in [-0.05, 0) is 24.3 Å². The molecule has 20 heavy (non-hydrogen) atoms. The van der Waals surface area contributed by atoms with Crippen molar-refractivity contribution in [3.05, 3.63) is 61.5 Å². The lowest BCUT2D eigenvalue weighted by atomic mass is 9.93. The summed E-state index contributed by atoms with van der Waals surface area (Å²) in [4.78, 5) is 0. The van der Waals surface area contributed by atoms with Gasteiger partial charge in [0.15, 0.2) is 0 Å². The molecule has 0 bridgehead atoms. The summed E-state index contributed by atoms with van der Waals surface area (Å²) >= 11 is 13.2. The zero-order chi connectivity index (χ0) is 14.3. The molecule has 2 N–H and O–H groups in total. The van der Waals surface area contributed by atoms with E-state index in [4.69, 9.17) is 22.1 Å². The lowest BCUT2D eigenvalue weighted by Crippen LogP contribution is -2.24. The van der Waals surface area contributed by atoms with E-state index >= 15 is 0 Å². The highest BCUT2D eigenvalue weighted by molar-refractivity contribution is 9.10. The molecule has 1 aliphatic rings. The second-order valence-corrected chi connectivity index (χ2v) is 7.04. The van der Waals surface area contributed by atoms with E-state index < -0.39 is 0 Å². The number of hydrogen-bond acceptors (Lipinski definition) is 2. The molecule has 0 aliphatic carbocycles. The second kappa shape index (κ2) is 5.68. The first kappa shape index (κ1) is 14.4. The number of rotatable bonds is 1. The van der Waals surface area contributed by atoms with E-state index in [1.807, 2.05) is 36.4 Å². The zero-order valence-electron chi connectivity index (χ0n) is 10.4. The van der Waals surface area contributed by atoms with E-state index in [2.05, 4.69) is 31.9 Å². The van der Waals surface area contributed by atoms with Crippen molar-refractivity contribution in [3.63, 3.8) is 0 Å². The van der Waals surface area contributed by atoms with Gasteiger partial charge in [0.2, 0.25) is 0 Å². The fourth-order valence-electron chi connectivity index (χ4n) is 2.43. The van der Waals surface area contributed by atoms with Gasteiger partial charge in [0.25, 0.3) is 0 Å². The van der Waals surface area contributed by atoms with Gasteiger partial charge in [-0.15, -0.1) is 0 Å². The van der Waals surface area contributed by atoms with Gasteiger partial charge in [0.05, 0.1) is 0 Å². The Morgan fingerprint density at radius 1 is 1.05 bits per heavy atom. The van der Waals surface area contributed by atoms with E-state index in [1.54, 1.807) is 0 Å². The predicted octanol–water partition coefficient (Wildman–Crippen LogP) is 5.39. The van der Waals surface area contributed by atoms with E-state index in [0.717, 1.165) is 32.2 Å². The van der Waals surface area contributed by atoms with Gasteiger partial charge in [-0.2, -0.15) is 0 Å². The molecule has 0 amide bonds. The van der Waals surface area contributed by atoms with Crippen LogP contribution in [0.4, 0.5) is 0 Å². The molecule has 2 atom stereocenters. The number of nitrogens with two attached hydrogens (primary N) is 1. The summed E-state index contributed by atoms with van der Waals surface area (Å²) in [6.07, 6.45) is 0.600. The standard InChI is InChI=1S/C15H12Br2ClNO/c16-8-1-3-10(12(18)5-8)15-7-13(19)11-4-2-9(17)6-14(11)20-15/h1-6,13,15H,7,19H2/t13-,15?/m0/s1. The number of ether oxygens (including phenoxy) is 1. The number of hydrogen-bond donors (Lipinski definition) is 1. The van der Waals surface area contributed by atoms with Crippen LogP contribution in [0.25, 0.3) is 0 Å². The minimum atomic E-state index is -0.118. The van der Waals surface area contributed by atoms with Crippen molar-refractivity contribution >= 4 is 43.5 Å². The third kappa shape index (κ3) is 2.75. The van der Waals surface area contributed by atoms with Gasteiger partial charge in [-0.1, -0.05) is 55.6 Å². The highest BCUT2D eigenvalue weighted by atomic mass is 79.9. The molecule has 2 nitrogen and oxygen atoms in total. The Labute approximate surface area is 139 Å². The molecule has 0 saturated heterocycles. The van der Waals surface area contributed by atoms with Crippen LogP contribution in [-0.2, 0) is 0 Å². The molecule has 2 aromatic carbocycles. The third-order valence-corrected chi connectivity index (χ3v) is 4.74. The predicted molar refractivity (Wildman–Crippen MR) is 88.2 cm³/mol. The highest BCUT2D eigenvalue weighted by Gasteiger charge is 2.28. The summed E-state index contributed by atoms with van der Waals surface area (Å²) in [5.74, 6) is 0.821. The Hall–Kier alpha value is -0.550. The van der Waals surface area contributed by atoms with Crippen LogP contribution in [0, 0.1) is 0 Å². The average molecular weight is 418 g/mol. The van der Waals surface area contributed by atoms with Crippen molar-refractivity contribution in [1.29, 1.82) is 0 Å². The van der Waals surface area contributed by atoms with Crippen LogP contribution in [0.2, 0.25) is 5.02 Å². The van der Waals surface area contributed by atoms with Crippen LogP contribution in [0.5, 0.6) is 5.75 Å². The van der Waals surface area contributed by atoms with Gasteiger partial charge < -0.3 is 10.5 Å². The largest absolute Gasteiger partial charge is 0.485 e. The van der Waals surface area contributed by atoms with Gasteiger partial charge >= 0.3 is 0 Å². The van der Waals surface area contributed by atoms with E-state index in [0.29, 0.717) is 5.02 Å². The van der Waals surface area contributed by atoms with Crippen LogP contribution >= 0.6 is 43.5 Å². The van der Waals surface area contributed by atoms with Crippen molar-refractivity contribution in [2.24, 2.45) is 5.73 Å². The normalized spacial score (nSPS) is 21.2. The average Bonchev–Trinajstić information content (AvgIpc) is 2.37. The molecule has 2 aromatic rings. The summed E-state index contributed by atoms with van der Waals surface area (Å²) in [5.41, 5.74) is 8.26. The highest BCUT2D eigenvalue weighted by Crippen LogP contribution is 2.42. The smallest absolute Gasteiger partial charge is 0.127 e. The third-order valence-electron chi connectivity index (χ3n) is 3.42. The van der Waals surface area contributed by atoms with Crippen LogP contribution in [-0.4, -0.2) is 0 Å². The Morgan fingerprint density at radius 2 is 1.70 bits per heavy atom. The monoisotopic (exact) mass is 415 g/mol. The minimum absolute atomic E-state index is 0.0448. The lowest BCUT2D eigenvalue weighted by Gasteiger charge is -2.31. The van der Waals surface area contributed by atoms with Gasteiger partial charge in [-0.25, -0.2) is 0 Å². The second-order valence-electron chi connectivity index (χ2n) is 4.80. The molecule has 3 rings (SSSR count). The molecule has 5 heteroatoms. The Kier molecular flexibility index (Phi) is 4.09. The maximum atomic E-state index is 6.31. The molecular weight excluding hydrogens is 405 g/mol. The summed E-state index contributed by atoms with van der Waals surface area (Å²) in [7, 11) is 0. The Balaban J connectivity index is 1.98. The van der Waals surface area contributed by atoms with Gasteiger partial charge in [-0.3, -0.25) is 0 Å². The van der Waals surface area contributed by atoms with Gasteiger partial charge in [0.1, 0.15) is 11.9 Å². The number of benzene rings is 2. The molecule has 0 fully saturated rings. The quantitative estimate of drug-likeness (QED) is 0.675. The molecule has 0 radical (unpaired) electrons. The number of halogens is 3. The van der Waals surface area contributed by atoms with Crippen molar-refractivity contribution in [3.8, 4) is 5.75 Å². The van der Waals surface area contributed by atoms with E-state index in [-0.39, 0.29) is 12.1 Å². The van der Waals surface area contributed by atoms with Gasteiger partial charge in [0, 0.05) is 37.6 Å². The first-order chi connectivity index (χ1) is 9.54. The molecule has 0 saturated carbocycles. The molecule has 1 unspecified atom stereocenters. The summed E-state index contributed by atoms with van der Waals surface area (Å²) in [6.45, 7) is 0. The molecule has 0 aromatic heterocycles. The minimum Gasteiger partial charge on any atom is -0.485 e. The summed E-state index contributed by atoms with van der Waals surface area (Å²) in [5, 5.41) is 0.690. The maximum Gasteiger partial charge on any atom is 0.127 e. The van der Waals surface area contributed by atoms with Crippen molar-refractivity contribution in [2.75, 3.05) is 0 Å². The molecule has 1 heterocycles. The first-order valence-electron chi connectivity index (χ1n) is 6.21. The molecule has 1 aliphatic heterocycles.